The number of hydrogen-bond acceptors (Lipinski definition) is 4. The number of ketones is 1. The second kappa shape index (κ2) is 7.70. The highest BCUT2D eigenvalue weighted by atomic mass is 16.5. The second-order valence-corrected chi connectivity index (χ2v) is 5.68. The monoisotopic (exact) mass is 349 g/mol. The van der Waals surface area contributed by atoms with E-state index in [0.29, 0.717) is 29.4 Å². The fourth-order valence-corrected chi connectivity index (χ4v) is 2.52. The van der Waals surface area contributed by atoms with E-state index in [0.717, 1.165) is 5.56 Å². The van der Waals surface area contributed by atoms with Crippen LogP contribution in [-0.2, 0) is 0 Å². The van der Waals surface area contributed by atoms with Crippen molar-refractivity contribution in [3.05, 3.63) is 72.0 Å². The topological polar surface area (TPSA) is 68.5 Å². The van der Waals surface area contributed by atoms with E-state index in [2.05, 4.69) is 5.32 Å². The fraction of sp³-hybridized carbons (Fsp3) is 0.143. The first-order chi connectivity index (χ1) is 12.6. The molecule has 1 amide bonds. The van der Waals surface area contributed by atoms with E-state index in [1.807, 2.05) is 19.1 Å². The highest BCUT2D eigenvalue weighted by Gasteiger charge is 2.14. The van der Waals surface area contributed by atoms with Gasteiger partial charge in [-0.3, -0.25) is 9.59 Å². The van der Waals surface area contributed by atoms with Gasteiger partial charge in [-0.25, -0.2) is 0 Å². The quantitative estimate of drug-likeness (QED) is 0.649. The summed E-state index contributed by atoms with van der Waals surface area (Å²) in [6.45, 7) is 3.91. The molecule has 0 bridgehead atoms. The average molecular weight is 349 g/mol. The van der Waals surface area contributed by atoms with Crippen LogP contribution in [0, 0.1) is 0 Å². The van der Waals surface area contributed by atoms with Crippen molar-refractivity contribution < 1.29 is 18.7 Å². The predicted molar refractivity (Wildman–Crippen MR) is 99.7 cm³/mol. The zero-order valence-corrected chi connectivity index (χ0v) is 14.6. The molecule has 0 aliphatic carbocycles. The lowest BCUT2D eigenvalue weighted by molar-refractivity contribution is 0.0994. The molecule has 3 aromatic rings. The summed E-state index contributed by atoms with van der Waals surface area (Å²) < 4.78 is 11.2. The molecule has 0 unspecified atom stereocenters. The Morgan fingerprint density at radius 1 is 1.00 bits per heavy atom. The number of benzene rings is 2. The summed E-state index contributed by atoms with van der Waals surface area (Å²) in [6.07, 6.45) is 0. The normalized spacial score (nSPS) is 10.4. The standard InChI is InChI=1S/C21H19NO4/c1-3-25-19-7-5-4-6-17(19)22-21(24)20-13-12-18(26-20)16-10-8-15(9-11-16)14(2)23/h4-13H,3H2,1-2H3,(H,22,24). The molecule has 3 rings (SSSR count). The van der Waals surface area contributed by atoms with Gasteiger partial charge in [0.25, 0.3) is 5.91 Å². The van der Waals surface area contributed by atoms with Gasteiger partial charge in [0.1, 0.15) is 11.5 Å². The third-order valence-corrected chi connectivity index (χ3v) is 3.84. The van der Waals surface area contributed by atoms with Crippen LogP contribution in [0.25, 0.3) is 11.3 Å². The number of carbonyl (C=O) groups is 2. The van der Waals surface area contributed by atoms with Gasteiger partial charge >= 0.3 is 0 Å². The first kappa shape index (κ1) is 17.5. The summed E-state index contributed by atoms with van der Waals surface area (Å²) >= 11 is 0. The maximum absolute atomic E-state index is 12.5. The third-order valence-electron chi connectivity index (χ3n) is 3.84. The molecule has 0 aliphatic heterocycles. The van der Waals surface area contributed by atoms with Crippen LogP contribution >= 0.6 is 0 Å². The van der Waals surface area contributed by atoms with Gasteiger partial charge in [0, 0.05) is 11.1 Å². The van der Waals surface area contributed by atoms with Crippen LogP contribution in [0.2, 0.25) is 0 Å². The first-order valence-corrected chi connectivity index (χ1v) is 8.33. The Labute approximate surface area is 151 Å². The lowest BCUT2D eigenvalue weighted by Gasteiger charge is -2.10. The zero-order valence-electron chi connectivity index (χ0n) is 14.6. The molecule has 0 fully saturated rings. The minimum absolute atomic E-state index is 0.00373. The Bertz CT molecular complexity index is 925. The lowest BCUT2D eigenvalue weighted by atomic mass is 10.1. The minimum atomic E-state index is -0.358. The van der Waals surface area contributed by atoms with E-state index < -0.39 is 0 Å². The van der Waals surface area contributed by atoms with Crippen molar-refractivity contribution >= 4 is 17.4 Å². The summed E-state index contributed by atoms with van der Waals surface area (Å²) in [7, 11) is 0. The molecule has 1 N–H and O–H groups in total. The summed E-state index contributed by atoms with van der Waals surface area (Å²) in [5.41, 5.74) is 2.01. The highest BCUT2D eigenvalue weighted by molar-refractivity contribution is 6.03. The van der Waals surface area contributed by atoms with Crippen molar-refractivity contribution in [3.8, 4) is 17.1 Å². The number of carbonyl (C=O) groups excluding carboxylic acids is 2. The van der Waals surface area contributed by atoms with Gasteiger partial charge in [0.05, 0.1) is 12.3 Å². The second-order valence-electron chi connectivity index (χ2n) is 5.68. The Morgan fingerprint density at radius 3 is 2.42 bits per heavy atom. The largest absolute Gasteiger partial charge is 0.492 e. The van der Waals surface area contributed by atoms with Crippen molar-refractivity contribution in [2.45, 2.75) is 13.8 Å². The number of furan rings is 1. The Hall–Kier alpha value is -3.34. The van der Waals surface area contributed by atoms with Crippen molar-refractivity contribution in [2.24, 2.45) is 0 Å². The number of nitrogens with one attached hydrogen (secondary N) is 1. The third kappa shape index (κ3) is 3.83. The van der Waals surface area contributed by atoms with Gasteiger partial charge in [-0.05, 0) is 38.1 Å². The van der Waals surface area contributed by atoms with Crippen molar-refractivity contribution in [1.82, 2.24) is 0 Å². The molecule has 0 spiro atoms. The van der Waals surface area contributed by atoms with E-state index in [4.69, 9.17) is 9.15 Å². The van der Waals surface area contributed by atoms with Crippen LogP contribution in [0.1, 0.15) is 34.8 Å². The Kier molecular flexibility index (Phi) is 5.17. The van der Waals surface area contributed by atoms with Gasteiger partial charge < -0.3 is 14.5 Å². The molecule has 26 heavy (non-hydrogen) atoms. The summed E-state index contributed by atoms with van der Waals surface area (Å²) in [4.78, 5) is 23.8. The van der Waals surface area contributed by atoms with Crippen LogP contribution in [0.4, 0.5) is 5.69 Å². The molecule has 0 aliphatic rings. The fourth-order valence-electron chi connectivity index (χ4n) is 2.52. The van der Waals surface area contributed by atoms with Crippen LogP contribution in [-0.4, -0.2) is 18.3 Å². The molecule has 2 aromatic carbocycles. The summed E-state index contributed by atoms with van der Waals surface area (Å²) in [6, 6.07) is 17.6. The molecule has 0 radical (unpaired) electrons. The number of para-hydroxylation sites is 2. The number of Topliss-reactive ketones (excluding diaryl/α,β-unsaturated/α-hetero) is 1. The number of ether oxygens (including phenoxy) is 1. The van der Waals surface area contributed by atoms with Crippen molar-refractivity contribution in [3.63, 3.8) is 0 Å². The molecule has 1 heterocycles. The first-order valence-electron chi connectivity index (χ1n) is 8.33. The summed E-state index contributed by atoms with van der Waals surface area (Å²) in [5, 5.41) is 2.80. The van der Waals surface area contributed by atoms with Crippen LogP contribution < -0.4 is 10.1 Å². The van der Waals surface area contributed by atoms with Crippen molar-refractivity contribution in [1.29, 1.82) is 0 Å². The van der Waals surface area contributed by atoms with Gasteiger partial charge in [-0.15, -0.1) is 0 Å². The number of anilines is 1. The van der Waals surface area contributed by atoms with Crippen LogP contribution in [0.3, 0.4) is 0 Å². The molecule has 5 heteroatoms. The maximum Gasteiger partial charge on any atom is 0.291 e. The zero-order chi connectivity index (χ0) is 18.5. The smallest absolute Gasteiger partial charge is 0.291 e. The number of rotatable bonds is 6. The molecule has 5 nitrogen and oxygen atoms in total. The minimum Gasteiger partial charge on any atom is -0.492 e. The molecular weight excluding hydrogens is 330 g/mol. The highest BCUT2D eigenvalue weighted by Crippen LogP contribution is 2.26. The number of amides is 1. The van der Waals surface area contributed by atoms with E-state index >= 15 is 0 Å². The Morgan fingerprint density at radius 2 is 1.73 bits per heavy atom. The van der Waals surface area contributed by atoms with E-state index in [9.17, 15) is 9.59 Å². The van der Waals surface area contributed by atoms with Gasteiger partial charge in [0.15, 0.2) is 11.5 Å². The van der Waals surface area contributed by atoms with Gasteiger partial charge in [0.2, 0.25) is 0 Å². The molecule has 0 atom stereocenters. The van der Waals surface area contributed by atoms with Gasteiger partial charge in [-0.1, -0.05) is 36.4 Å². The predicted octanol–water partition coefficient (Wildman–Crippen LogP) is 4.80. The SMILES string of the molecule is CCOc1ccccc1NC(=O)c1ccc(-c2ccc(C(C)=O)cc2)o1. The van der Waals surface area contributed by atoms with E-state index in [1.165, 1.54) is 6.92 Å². The molecule has 1 aromatic heterocycles. The molecule has 0 saturated heterocycles. The molecule has 132 valence electrons. The Balaban J connectivity index is 1.77. The molecular formula is C21H19NO4. The lowest BCUT2D eigenvalue weighted by Crippen LogP contribution is -2.12. The van der Waals surface area contributed by atoms with E-state index in [1.54, 1.807) is 48.5 Å². The van der Waals surface area contributed by atoms with Gasteiger partial charge in [-0.2, -0.15) is 0 Å². The van der Waals surface area contributed by atoms with E-state index in [-0.39, 0.29) is 17.5 Å². The maximum atomic E-state index is 12.5. The number of hydrogen-bond donors (Lipinski definition) is 1. The summed E-state index contributed by atoms with van der Waals surface area (Å²) in [5.74, 6) is 1.01. The van der Waals surface area contributed by atoms with Crippen molar-refractivity contribution in [2.75, 3.05) is 11.9 Å². The van der Waals surface area contributed by atoms with Crippen LogP contribution in [0.5, 0.6) is 5.75 Å². The molecule has 0 saturated carbocycles. The van der Waals surface area contributed by atoms with Crippen LogP contribution in [0.15, 0.2) is 65.1 Å². The average Bonchev–Trinajstić information content (AvgIpc) is 3.14.